The Morgan fingerprint density at radius 1 is 1.35 bits per heavy atom. The first kappa shape index (κ1) is 14.6. The second kappa shape index (κ2) is 5.58. The van der Waals surface area contributed by atoms with Gasteiger partial charge in [-0.25, -0.2) is 0 Å². The average Bonchev–Trinajstić information content (AvgIpc) is 3.19. The zero-order chi connectivity index (χ0) is 16.0. The maximum atomic E-state index is 12.4. The molecular formula is C16H18N4O2S. The van der Waals surface area contributed by atoms with Gasteiger partial charge in [-0.15, -0.1) is 11.3 Å². The molecule has 2 aromatic heterocycles. The van der Waals surface area contributed by atoms with Crippen LogP contribution < -0.4 is 16.0 Å². The van der Waals surface area contributed by atoms with Gasteiger partial charge in [0.15, 0.2) is 0 Å². The van der Waals surface area contributed by atoms with E-state index in [4.69, 9.17) is 0 Å². The number of amides is 2. The van der Waals surface area contributed by atoms with Gasteiger partial charge in [-0.3, -0.25) is 14.6 Å². The molecule has 120 valence electrons. The van der Waals surface area contributed by atoms with Crippen molar-refractivity contribution in [1.82, 2.24) is 15.6 Å². The molecule has 3 N–H and O–H groups in total. The molecule has 2 aliphatic heterocycles. The summed E-state index contributed by atoms with van der Waals surface area (Å²) in [4.78, 5) is 27.8. The predicted octanol–water partition coefficient (Wildman–Crippen LogP) is 1.88. The summed E-state index contributed by atoms with van der Waals surface area (Å²) in [7, 11) is 0. The van der Waals surface area contributed by atoms with Gasteiger partial charge < -0.3 is 16.0 Å². The van der Waals surface area contributed by atoms with Crippen LogP contribution in [0.5, 0.6) is 0 Å². The van der Waals surface area contributed by atoms with Crippen LogP contribution in [0, 0.1) is 0 Å². The minimum Gasteiger partial charge on any atom is -0.346 e. The van der Waals surface area contributed by atoms with E-state index in [-0.39, 0.29) is 17.9 Å². The summed E-state index contributed by atoms with van der Waals surface area (Å²) in [6, 6.07) is 4.83. The summed E-state index contributed by atoms with van der Waals surface area (Å²) in [5.41, 5.74) is 0.427. The number of hydrogen-bond acceptors (Lipinski definition) is 5. The van der Waals surface area contributed by atoms with Crippen molar-refractivity contribution >= 4 is 38.2 Å². The van der Waals surface area contributed by atoms with Gasteiger partial charge >= 0.3 is 0 Å². The van der Waals surface area contributed by atoms with Crippen LogP contribution in [0.2, 0.25) is 0 Å². The summed E-state index contributed by atoms with van der Waals surface area (Å²) in [6.45, 7) is 1.48. The lowest BCUT2D eigenvalue weighted by Gasteiger charge is -2.21. The lowest BCUT2D eigenvalue weighted by Crippen LogP contribution is -2.43. The fourth-order valence-electron chi connectivity index (χ4n) is 3.52. The average molecular weight is 330 g/mol. The third kappa shape index (κ3) is 2.82. The minimum atomic E-state index is -0.124. The molecule has 0 spiro atoms. The third-order valence-electron chi connectivity index (χ3n) is 4.55. The molecule has 4 rings (SSSR count). The van der Waals surface area contributed by atoms with Crippen molar-refractivity contribution in [3.63, 3.8) is 0 Å². The zero-order valence-corrected chi connectivity index (χ0v) is 13.6. The molecule has 2 fully saturated rings. The van der Waals surface area contributed by atoms with Gasteiger partial charge in [0, 0.05) is 41.3 Å². The van der Waals surface area contributed by atoms with Crippen LogP contribution in [0.4, 0.5) is 5.00 Å². The van der Waals surface area contributed by atoms with Crippen molar-refractivity contribution in [1.29, 1.82) is 0 Å². The Morgan fingerprint density at radius 3 is 2.91 bits per heavy atom. The van der Waals surface area contributed by atoms with Crippen molar-refractivity contribution in [3.05, 3.63) is 24.0 Å². The van der Waals surface area contributed by atoms with Crippen molar-refractivity contribution in [3.8, 4) is 0 Å². The number of hydrogen-bond donors (Lipinski definition) is 3. The molecule has 6 nitrogen and oxygen atoms in total. The standard InChI is InChI=1S/C16H18N4O2S/c1-8(21)18-15-4-9-7-17-13(6-14(9)23-15)16(22)20-12-5-10-2-3-11(12)19-10/h4,6-7,10-12,19H,2-3,5H2,1H3,(H,18,21)(H,20,22)/t10-,11+,12-/m1/s1. The number of nitrogens with zero attached hydrogens (tertiary/aromatic N) is 1. The lowest BCUT2D eigenvalue weighted by atomic mass is 9.95. The van der Waals surface area contributed by atoms with Gasteiger partial charge in [-0.1, -0.05) is 0 Å². The topological polar surface area (TPSA) is 83.1 Å². The van der Waals surface area contributed by atoms with Crippen LogP contribution >= 0.6 is 11.3 Å². The highest BCUT2D eigenvalue weighted by Gasteiger charge is 2.39. The fourth-order valence-corrected chi connectivity index (χ4v) is 4.54. The minimum absolute atomic E-state index is 0.105. The molecule has 4 heterocycles. The molecular weight excluding hydrogens is 312 g/mol. The van der Waals surface area contributed by atoms with Gasteiger partial charge in [0.1, 0.15) is 5.69 Å². The number of rotatable bonds is 3. The quantitative estimate of drug-likeness (QED) is 0.802. The normalized spacial score (nSPS) is 25.7. The molecule has 0 saturated carbocycles. The summed E-state index contributed by atoms with van der Waals surface area (Å²) < 4.78 is 0.944. The van der Waals surface area contributed by atoms with E-state index < -0.39 is 0 Å². The molecule has 2 aromatic rings. The summed E-state index contributed by atoms with van der Waals surface area (Å²) in [5, 5.41) is 11.1. The highest BCUT2D eigenvalue weighted by Crippen LogP contribution is 2.30. The van der Waals surface area contributed by atoms with E-state index in [1.54, 1.807) is 12.3 Å². The van der Waals surface area contributed by atoms with Gasteiger partial charge in [0.2, 0.25) is 5.91 Å². The van der Waals surface area contributed by atoms with E-state index >= 15 is 0 Å². The van der Waals surface area contributed by atoms with Crippen LogP contribution in [0.15, 0.2) is 18.3 Å². The maximum absolute atomic E-state index is 12.4. The van der Waals surface area contributed by atoms with Crippen molar-refractivity contribution in [2.75, 3.05) is 5.32 Å². The molecule has 0 aliphatic carbocycles. The Bertz CT molecular complexity index is 787. The highest BCUT2D eigenvalue weighted by atomic mass is 32.1. The molecule has 2 amide bonds. The van der Waals surface area contributed by atoms with Crippen LogP contribution in [0.1, 0.15) is 36.7 Å². The van der Waals surface area contributed by atoms with Crippen molar-refractivity contribution < 1.29 is 9.59 Å². The van der Waals surface area contributed by atoms with E-state index in [1.807, 2.05) is 6.07 Å². The van der Waals surface area contributed by atoms with Gasteiger partial charge in [-0.2, -0.15) is 0 Å². The fraction of sp³-hybridized carbons (Fsp3) is 0.438. The van der Waals surface area contributed by atoms with Crippen molar-refractivity contribution in [2.24, 2.45) is 0 Å². The van der Waals surface area contributed by atoms with E-state index in [1.165, 1.54) is 24.7 Å². The molecule has 0 radical (unpaired) electrons. The number of carbonyl (C=O) groups excluding carboxylic acids is 2. The molecule has 2 aliphatic rings. The Labute approximate surface area is 137 Å². The number of nitrogens with one attached hydrogen (secondary N) is 3. The van der Waals surface area contributed by atoms with E-state index in [9.17, 15) is 9.59 Å². The monoisotopic (exact) mass is 330 g/mol. The highest BCUT2D eigenvalue weighted by molar-refractivity contribution is 7.23. The third-order valence-corrected chi connectivity index (χ3v) is 5.56. The Morgan fingerprint density at radius 2 is 2.22 bits per heavy atom. The summed E-state index contributed by atoms with van der Waals surface area (Å²) in [6.07, 6.45) is 5.03. The van der Waals surface area contributed by atoms with E-state index in [2.05, 4.69) is 20.9 Å². The molecule has 0 unspecified atom stereocenters. The van der Waals surface area contributed by atoms with Crippen LogP contribution in [0.3, 0.4) is 0 Å². The van der Waals surface area contributed by atoms with Crippen LogP contribution in [0.25, 0.3) is 10.1 Å². The smallest absolute Gasteiger partial charge is 0.270 e. The van der Waals surface area contributed by atoms with Crippen LogP contribution in [-0.4, -0.2) is 34.9 Å². The van der Waals surface area contributed by atoms with E-state index in [0.717, 1.165) is 27.9 Å². The molecule has 7 heteroatoms. The maximum Gasteiger partial charge on any atom is 0.270 e. The SMILES string of the molecule is CC(=O)Nc1cc2cnc(C(=O)N[C@@H]3C[C@H]4CC[C@@H]3N4)cc2s1. The molecule has 2 saturated heterocycles. The van der Waals surface area contributed by atoms with Gasteiger partial charge in [0.05, 0.1) is 5.00 Å². The molecule has 0 aromatic carbocycles. The Balaban J connectivity index is 1.51. The lowest BCUT2D eigenvalue weighted by molar-refractivity contribution is -0.114. The van der Waals surface area contributed by atoms with Crippen LogP contribution in [-0.2, 0) is 4.79 Å². The number of carbonyl (C=O) groups is 2. The molecule has 2 bridgehead atoms. The van der Waals surface area contributed by atoms with Crippen molar-refractivity contribution in [2.45, 2.75) is 44.3 Å². The number of fused-ring (bicyclic) bond motifs is 3. The first-order chi connectivity index (χ1) is 11.1. The Hall–Kier alpha value is -1.99. The zero-order valence-electron chi connectivity index (χ0n) is 12.8. The molecule has 3 atom stereocenters. The number of anilines is 1. The number of pyridine rings is 1. The van der Waals surface area contributed by atoms with E-state index in [0.29, 0.717) is 17.8 Å². The Kier molecular flexibility index (Phi) is 3.54. The predicted molar refractivity (Wildman–Crippen MR) is 89.7 cm³/mol. The number of thiophene rings is 1. The first-order valence-electron chi connectivity index (χ1n) is 7.82. The second-order valence-electron chi connectivity index (χ2n) is 6.26. The largest absolute Gasteiger partial charge is 0.346 e. The van der Waals surface area contributed by atoms with Gasteiger partial charge in [-0.05, 0) is 31.4 Å². The summed E-state index contributed by atoms with van der Waals surface area (Å²) >= 11 is 1.45. The summed E-state index contributed by atoms with van der Waals surface area (Å²) in [5.74, 6) is -0.230. The number of aromatic nitrogens is 1. The molecule has 23 heavy (non-hydrogen) atoms. The van der Waals surface area contributed by atoms with Gasteiger partial charge in [0.25, 0.3) is 5.91 Å². The first-order valence-corrected chi connectivity index (χ1v) is 8.64. The second-order valence-corrected chi connectivity index (χ2v) is 7.35.